The van der Waals surface area contributed by atoms with Crippen molar-refractivity contribution in [2.24, 2.45) is 5.41 Å². The fourth-order valence-electron chi connectivity index (χ4n) is 1.17. The summed E-state index contributed by atoms with van der Waals surface area (Å²) in [5.74, 6) is -0.225. The maximum absolute atomic E-state index is 11.1. The number of esters is 1. The van der Waals surface area contributed by atoms with Gasteiger partial charge in [0.25, 0.3) is 0 Å². The van der Waals surface area contributed by atoms with Gasteiger partial charge in [-0.3, -0.25) is 0 Å². The van der Waals surface area contributed by atoms with Gasteiger partial charge in [-0.15, -0.1) is 0 Å². The highest BCUT2D eigenvalue weighted by molar-refractivity contribution is 5.78. The molecule has 0 spiro atoms. The van der Waals surface area contributed by atoms with Crippen molar-refractivity contribution in [3.05, 3.63) is 0 Å². The molecule has 0 aromatic carbocycles. The molecule has 0 aliphatic carbocycles. The number of hydrogen-bond donors (Lipinski definition) is 0. The molecule has 3 nitrogen and oxygen atoms in total. The van der Waals surface area contributed by atoms with E-state index in [9.17, 15) is 4.79 Å². The Kier molecular flexibility index (Phi) is 2.42. The van der Waals surface area contributed by atoms with Gasteiger partial charge in [-0.25, -0.2) is 4.79 Å². The van der Waals surface area contributed by atoms with Crippen LogP contribution in [0.4, 0.5) is 0 Å². The largest absolute Gasteiger partial charge is 0.464 e. The normalized spacial score (nSPS) is 28.3. The first-order chi connectivity index (χ1) is 5.46. The van der Waals surface area contributed by atoms with E-state index in [0.29, 0.717) is 6.61 Å². The molecule has 12 heavy (non-hydrogen) atoms. The fourth-order valence-corrected chi connectivity index (χ4v) is 1.17. The predicted octanol–water partition coefficient (Wildman–Crippen LogP) is 1.36. The lowest BCUT2D eigenvalue weighted by molar-refractivity contribution is -0.144. The molecule has 2 unspecified atom stereocenters. The second-order valence-corrected chi connectivity index (χ2v) is 4.10. The molecule has 1 fully saturated rings. The number of ether oxygens (including phenoxy) is 2. The van der Waals surface area contributed by atoms with Gasteiger partial charge in [-0.1, -0.05) is 20.8 Å². The molecule has 0 bridgehead atoms. The van der Waals surface area contributed by atoms with E-state index in [0.717, 1.165) is 0 Å². The Hall–Kier alpha value is -0.570. The van der Waals surface area contributed by atoms with E-state index in [1.54, 1.807) is 6.92 Å². The molecule has 1 rings (SSSR count). The van der Waals surface area contributed by atoms with Crippen LogP contribution in [0.5, 0.6) is 0 Å². The van der Waals surface area contributed by atoms with E-state index in [-0.39, 0.29) is 23.6 Å². The van der Waals surface area contributed by atoms with Gasteiger partial charge >= 0.3 is 5.97 Å². The van der Waals surface area contributed by atoms with Gasteiger partial charge in [0.2, 0.25) is 0 Å². The monoisotopic (exact) mass is 172 g/mol. The summed E-state index contributed by atoms with van der Waals surface area (Å²) in [5, 5.41) is 0. The van der Waals surface area contributed by atoms with Crippen LogP contribution < -0.4 is 0 Å². The highest BCUT2D eigenvalue weighted by atomic mass is 16.6. The summed E-state index contributed by atoms with van der Waals surface area (Å²) in [6.45, 7) is 8.38. The Morgan fingerprint density at radius 1 is 1.50 bits per heavy atom. The van der Waals surface area contributed by atoms with Crippen molar-refractivity contribution >= 4 is 5.97 Å². The van der Waals surface area contributed by atoms with Crippen molar-refractivity contribution in [2.75, 3.05) is 6.61 Å². The Morgan fingerprint density at radius 2 is 2.08 bits per heavy atom. The molecule has 0 aromatic rings. The van der Waals surface area contributed by atoms with Gasteiger partial charge in [-0.2, -0.15) is 0 Å². The number of hydrogen-bond acceptors (Lipinski definition) is 3. The third kappa shape index (κ3) is 1.97. The number of carbonyl (C=O) groups is 1. The average Bonchev–Trinajstić information content (AvgIpc) is 2.62. The van der Waals surface area contributed by atoms with Gasteiger partial charge in [-0.05, 0) is 12.3 Å². The molecule has 1 heterocycles. The molecule has 0 radical (unpaired) electrons. The molecule has 3 heteroatoms. The van der Waals surface area contributed by atoms with Crippen molar-refractivity contribution in [1.29, 1.82) is 0 Å². The van der Waals surface area contributed by atoms with Crippen LogP contribution in [0.2, 0.25) is 0 Å². The lowest BCUT2D eigenvalue weighted by Gasteiger charge is -2.13. The summed E-state index contributed by atoms with van der Waals surface area (Å²) < 4.78 is 10.0. The first kappa shape index (κ1) is 9.52. The Labute approximate surface area is 73.0 Å². The second-order valence-electron chi connectivity index (χ2n) is 4.10. The van der Waals surface area contributed by atoms with E-state index in [1.807, 2.05) is 0 Å². The van der Waals surface area contributed by atoms with Gasteiger partial charge in [0.15, 0.2) is 6.10 Å². The molecular formula is C9H16O3. The summed E-state index contributed by atoms with van der Waals surface area (Å²) in [4.78, 5) is 11.1. The molecular weight excluding hydrogens is 156 g/mol. The third-order valence-corrected chi connectivity index (χ3v) is 1.86. The Morgan fingerprint density at radius 3 is 2.42 bits per heavy atom. The van der Waals surface area contributed by atoms with Crippen LogP contribution in [0.1, 0.15) is 27.7 Å². The molecule has 70 valence electrons. The van der Waals surface area contributed by atoms with Gasteiger partial charge < -0.3 is 9.47 Å². The minimum atomic E-state index is -0.315. The van der Waals surface area contributed by atoms with E-state index in [4.69, 9.17) is 9.47 Å². The van der Waals surface area contributed by atoms with Gasteiger partial charge in [0.05, 0.1) is 6.61 Å². The van der Waals surface area contributed by atoms with Crippen molar-refractivity contribution in [3.8, 4) is 0 Å². The maximum atomic E-state index is 11.1. The Balaban J connectivity index is 2.37. The zero-order valence-corrected chi connectivity index (χ0v) is 8.09. The van der Waals surface area contributed by atoms with Crippen LogP contribution in [-0.4, -0.2) is 24.8 Å². The van der Waals surface area contributed by atoms with E-state index in [1.165, 1.54) is 0 Å². The standard InChI is InChI=1S/C9H16O3/c1-5-11-8(10)6-7(12-6)9(2,3)4/h6-7H,5H2,1-4H3. The minimum Gasteiger partial charge on any atom is -0.464 e. The number of epoxide rings is 1. The van der Waals surface area contributed by atoms with Crippen LogP contribution >= 0.6 is 0 Å². The predicted molar refractivity (Wildman–Crippen MR) is 44.7 cm³/mol. The first-order valence-corrected chi connectivity index (χ1v) is 4.29. The second kappa shape index (κ2) is 3.05. The summed E-state index contributed by atoms with van der Waals surface area (Å²) in [6, 6.07) is 0. The van der Waals surface area contributed by atoms with Crippen LogP contribution in [0.15, 0.2) is 0 Å². The lowest BCUT2D eigenvalue weighted by Crippen LogP contribution is -2.22. The summed E-state index contributed by atoms with van der Waals surface area (Å²) in [6.07, 6.45) is -0.276. The zero-order valence-electron chi connectivity index (χ0n) is 8.09. The Bertz CT molecular complexity index is 181. The summed E-state index contributed by atoms with van der Waals surface area (Å²) in [7, 11) is 0. The maximum Gasteiger partial charge on any atom is 0.338 e. The molecule has 1 aliphatic heterocycles. The van der Waals surface area contributed by atoms with Crippen molar-refractivity contribution in [2.45, 2.75) is 39.9 Å². The highest BCUT2D eigenvalue weighted by Crippen LogP contribution is 2.38. The van der Waals surface area contributed by atoms with E-state index in [2.05, 4.69) is 20.8 Å². The molecule has 0 saturated carbocycles. The molecule has 0 N–H and O–H groups in total. The number of rotatable bonds is 2. The smallest absolute Gasteiger partial charge is 0.338 e. The van der Waals surface area contributed by atoms with Crippen LogP contribution in [0, 0.1) is 5.41 Å². The van der Waals surface area contributed by atoms with Crippen LogP contribution in [0.25, 0.3) is 0 Å². The molecule has 0 aromatic heterocycles. The van der Waals surface area contributed by atoms with Crippen molar-refractivity contribution < 1.29 is 14.3 Å². The van der Waals surface area contributed by atoms with Gasteiger partial charge in [0.1, 0.15) is 6.10 Å². The molecule has 2 atom stereocenters. The average molecular weight is 172 g/mol. The van der Waals surface area contributed by atoms with E-state index < -0.39 is 0 Å². The van der Waals surface area contributed by atoms with Crippen molar-refractivity contribution in [1.82, 2.24) is 0 Å². The molecule has 0 amide bonds. The fraction of sp³-hybridized carbons (Fsp3) is 0.889. The van der Waals surface area contributed by atoms with Crippen molar-refractivity contribution in [3.63, 3.8) is 0 Å². The van der Waals surface area contributed by atoms with Gasteiger partial charge in [0, 0.05) is 0 Å². The quantitative estimate of drug-likeness (QED) is 0.466. The third-order valence-electron chi connectivity index (χ3n) is 1.86. The lowest BCUT2D eigenvalue weighted by atomic mass is 9.90. The zero-order chi connectivity index (χ0) is 9.35. The van der Waals surface area contributed by atoms with E-state index >= 15 is 0 Å². The minimum absolute atomic E-state index is 0.0385. The number of carbonyl (C=O) groups excluding carboxylic acids is 1. The van der Waals surface area contributed by atoms with Crippen LogP contribution in [-0.2, 0) is 14.3 Å². The highest BCUT2D eigenvalue weighted by Gasteiger charge is 2.52. The topological polar surface area (TPSA) is 38.8 Å². The molecule has 1 saturated heterocycles. The first-order valence-electron chi connectivity index (χ1n) is 4.29. The SMILES string of the molecule is CCOC(=O)C1OC1C(C)(C)C. The van der Waals surface area contributed by atoms with Crippen LogP contribution in [0.3, 0.4) is 0 Å². The summed E-state index contributed by atoms with van der Waals surface area (Å²) >= 11 is 0. The molecule has 1 aliphatic rings. The summed E-state index contributed by atoms with van der Waals surface area (Å²) in [5.41, 5.74) is 0.0391.